The number of rotatable bonds is 8. The summed E-state index contributed by atoms with van der Waals surface area (Å²) in [5.41, 5.74) is -1.37. The van der Waals surface area contributed by atoms with Crippen LogP contribution in [-0.4, -0.2) is 27.7 Å². The average molecular weight is 562 g/mol. The highest BCUT2D eigenvalue weighted by Gasteiger charge is 2.33. The fourth-order valence-electron chi connectivity index (χ4n) is 3.52. The Hall–Kier alpha value is -4.70. The Bertz CT molecular complexity index is 1630. The van der Waals surface area contributed by atoms with Crippen molar-refractivity contribution in [2.75, 3.05) is 6.61 Å². The lowest BCUT2D eigenvalue weighted by atomic mass is 9.99. The lowest BCUT2D eigenvalue weighted by Crippen LogP contribution is -2.24. The molecule has 0 radical (unpaired) electrons. The summed E-state index contributed by atoms with van der Waals surface area (Å²) >= 11 is 6.22. The van der Waals surface area contributed by atoms with Gasteiger partial charge in [0.2, 0.25) is 5.89 Å². The molecule has 1 amide bonds. The normalized spacial score (nSPS) is 11.2. The number of alkyl halides is 3. The van der Waals surface area contributed by atoms with Gasteiger partial charge >= 0.3 is 11.9 Å². The van der Waals surface area contributed by atoms with Gasteiger partial charge < -0.3 is 14.5 Å². The minimum Gasteiger partial charge on any atom is -0.493 e. The number of amides is 1. The van der Waals surface area contributed by atoms with Crippen molar-refractivity contribution >= 4 is 17.5 Å². The van der Waals surface area contributed by atoms with Crippen LogP contribution in [0.15, 0.2) is 57.9 Å². The third kappa shape index (κ3) is 6.42. The summed E-state index contributed by atoms with van der Waals surface area (Å²) < 4.78 is 63.9. The van der Waals surface area contributed by atoms with E-state index in [4.69, 9.17) is 20.8 Å². The van der Waals surface area contributed by atoms with Gasteiger partial charge in [-0.2, -0.15) is 18.4 Å². The molecule has 39 heavy (non-hydrogen) atoms. The van der Waals surface area contributed by atoms with E-state index in [9.17, 15) is 32.4 Å². The standard InChI is InChI=1S/C25H16ClF4N5O4/c26-18-5-4-13(8-15(18)16-11-32-21(25(28,29)30)9-14(16)10-31)23(36)33-12-17-19(27)2-1-3-20(17)38-7-6-22-34-35-24(37)39-22/h1-5,8-9,11H,6-7,12H2,(H,33,36)(H,35,37). The van der Waals surface area contributed by atoms with Gasteiger partial charge in [-0.25, -0.2) is 14.3 Å². The van der Waals surface area contributed by atoms with E-state index in [2.05, 4.69) is 20.5 Å². The van der Waals surface area contributed by atoms with Crippen molar-refractivity contribution in [1.82, 2.24) is 20.5 Å². The van der Waals surface area contributed by atoms with Crippen LogP contribution in [0.4, 0.5) is 17.6 Å². The minimum absolute atomic E-state index is 0.00112. The quantitative estimate of drug-likeness (QED) is 0.299. The number of carbonyl (C=O) groups excluding carboxylic acids is 1. The van der Waals surface area contributed by atoms with Gasteiger partial charge in [-0.3, -0.25) is 9.78 Å². The maximum atomic E-state index is 14.6. The van der Waals surface area contributed by atoms with Crippen molar-refractivity contribution in [3.63, 3.8) is 0 Å². The number of hydrogen-bond acceptors (Lipinski definition) is 7. The van der Waals surface area contributed by atoms with Crippen molar-refractivity contribution in [1.29, 1.82) is 5.26 Å². The molecule has 0 aliphatic rings. The third-order valence-electron chi connectivity index (χ3n) is 5.39. The van der Waals surface area contributed by atoms with Gasteiger partial charge in [0.15, 0.2) is 0 Å². The van der Waals surface area contributed by atoms with Crippen LogP contribution in [0.25, 0.3) is 11.1 Å². The van der Waals surface area contributed by atoms with E-state index in [0.29, 0.717) is 6.07 Å². The zero-order chi connectivity index (χ0) is 28.2. The highest BCUT2D eigenvalue weighted by molar-refractivity contribution is 6.33. The molecule has 0 fully saturated rings. The largest absolute Gasteiger partial charge is 0.493 e. The molecule has 0 atom stereocenters. The van der Waals surface area contributed by atoms with Crippen molar-refractivity contribution in [3.8, 4) is 22.9 Å². The van der Waals surface area contributed by atoms with Gasteiger partial charge in [0.25, 0.3) is 5.91 Å². The number of nitriles is 1. The first-order valence-electron chi connectivity index (χ1n) is 11.1. The molecule has 2 N–H and O–H groups in total. The van der Waals surface area contributed by atoms with E-state index in [1.165, 1.54) is 36.4 Å². The molecule has 200 valence electrons. The van der Waals surface area contributed by atoms with Crippen LogP contribution in [0.1, 0.15) is 33.1 Å². The van der Waals surface area contributed by atoms with E-state index in [0.717, 1.165) is 6.20 Å². The molecule has 0 aliphatic carbocycles. The highest BCUT2D eigenvalue weighted by Crippen LogP contribution is 2.34. The van der Waals surface area contributed by atoms with Crippen LogP contribution in [0.2, 0.25) is 5.02 Å². The van der Waals surface area contributed by atoms with E-state index in [1.807, 2.05) is 0 Å². The fraction of sp³-hybridized carbons (Fsp3) is 0.160. The van der Waals surface area contributed by atoms with Crippen LogP contribution in [0, 0.1) is 17.1 Å². The van der Waals surface area contributed by atoms with Crippen molar-refractivity contribution in [2.45, 2.75) is 19.1 Å². The lowest BCUT2D eigenvalue weighted by molar-refractivity contribution is -0.141. The van der Waals surface area contributed by atoms with Crippen LogP contribution < -0.4 is 15.8 Å². The smallest absolute Gasteiger partial charge is 0.434 e. The second-order valence-corrected chi connectivity index (χ2v) is 8.33. The summed E-state index contributed by atoms with van der Waals surface area (Å²) in [5, 5.41) is 17.8. The molecule has 0 bridgehead atoms. The number of benzene rings is 2. The zero-order valence-electron chi connectivity index (χ0n) is 19.6. The molecule has 14 heteroatoms. The molecule has 0 aliphatic heterocycles. The first-order chi connectivity index (χ1) is 18.6. The number of aromatic amines is 1. The molecule has 9 nitrogen and oxygen atoms in total. The van der Waals surface area contributed by atoms with Crippen LogP contribution in [0.5, 0.6) is 5.75 Å². The summed E-state index contributed by atoms with van der Waals surface area (Å²) in [6, 6.07) is 10.4. The maximum absolute atomic E-state index is 14.6. The van der Waals surface area contributed by atoms with E-state index >= 15 is 0 Å². The highest BCUT2D eigenvalue weighted by atomic mass is 35.5. The van der Waals surface area contributed by atoms with E-state index < -0.39 is 29.4 Å². The zero-order valence-corrected chi connectivity index (χ0v) is 20.4. The molecule has 2 aromatic heterocycles. The summed E-state index contributed by atoms with van der Waals surface area (Å²) in [6.07, 6.45) is -3.76. The van der Waals surface area contributed by atoms with Crippen LogP contribution in [0.3, 0.4) is 0 Å². The number of hydrogen-bond donors (Lipinski definition) is 2. The average Bonchev–Trinajstić information content (AvgIpc) is 3.32. The summed E-state index contributed by atoms with van der Waals surface area (Å²) in [7, 11) is 0. The Morgan fingerprint density at radius 2 is 2.00 bits per heavy atom. The van der Waals surface area contributed by atoms with Crippen LogP contribution in [-0.2, 0) is 19.1 Å². The van der Waals surface area contributed by atoms with Crippen LogP contribution >= 0.6 is 11.6 Å². The van der Waals surface area contributed by atoms with Gasteiger partial charge in [-0.05, 0) is 36.4 Å². The first-order valence-corrected chi connectivity index (χ1v) is 11.4. The number of halogens is 5. The van der Waals surface area contributed by atoms with Crippen molar-refractivity contribution in [3.05, 3.63) is 98.3 Å². The lowest BCUT2D eigenvalue weighted by Gasteiger charge is -2.14. The van der Waals surface area contributed by atoms with Gasteiger partial charge in [0, 0.05) is 40.0 Å². The fourth-order valence-corrected chi connectivity index (χ4v) is 3.74. The number of nitrogens with zero attached hydrogens (tertiary/aromatic N) is 3. The van der Waals surface area contributed by atoms with Gasteiger partial charge in [0.05, 0.1) is 24.7 Å². The molecule has 2 heterocycles. The Balaban J connectivity index is 1.51. The Morgan fingerprint density at radius 1 is 1.21 bits per heavy atom. The number of H-pyrrole nitrogens is 1. The van der Waals surface area contributed by atoms with Gasteiger partial charge in [-0.15, -0.1) is 5.10 Å². The molecular formula is C25H16ClF4N5O4. The summed E-state index contributed by atoms with van der Waals surface area (Å²) in [6.45, 7) is -0.275. The summed E-state index contributed by atoms with van der Waals surface area (Å²) in [4.78, 5) is 27.3. The molecule has 4 aromatic rings. The monoisotopic (exact) mass is 561 g/mol. The molecule has 0 spiro atoms. The van der Waals surface area contributed by atoms with Gasteiger partial charge in [0.1, 0.15) is 17.3 Å². The first kappa shape index (κ1) is 27.3. The predicted octanol–water partition coefficient (Wildman–Crippen LogP) is 4.66. The van der Waals surface area contributed by atoms with E-state index in [-0.39, 0.29) is 64.1 Å². The van der Waals surface area contributed by atoms with E-state index in [1.54, 1.807) is 6.07 Å². The number of nitrogens with one attached hydrogen (secondary N) is 2. The molecule has 4 rings (SSSR count). The second kappa shape index (κ2) is 11.4. The van der Waals surface area contributed by atoms with Crippen molar-refractivity contribution in [2.24, 2.45) is 0 Å². The molecule has 0 saturated heterocycles. The number of aromatic nitrogens is 3. The Morgan fingerprint density at radius 3 is 2.69 bits per heavy atom. The minimum atomic E-state index is -4.75. The third-order valence-corrected chi connectivity index (χ3v) is 5.72. The number of carbonyl (C=O) groups is 1. The molecule has 2 aromatic carbocycles. The topological polar surface area (TPSA) is 134 Å². The SMILES string of the molecule is N#Cc1cc(C(F)(F)F)ncc1-c1cc(C(=O)NCc2c(F)cccc2OCCc2n[nH]c(=O)o2)ccc1Cl. The maximum Gasteiger partial charge on any atom is 0.434 e. The Labute approximate surface area is 222 Å². The molecule has 0 saturated carbocycles. The molecular weight excluding hydrogens is 546 g/mol. The van der Waals surface area contributed by atoms with Gasteiger partial charge in [-0.1, -0.05) is 17.7 Å². The number of ether oxygens (including phenoxy) is 1. The summed E-state index contributed by atoms with van der Waals surface area (Å²) in [5.74, 6) is -1.78. The molecule has 0 unspecified atom stereocenters. The Kier molecular flexibility index (Phi) is 7.96. The number of pyridine rings is 1. The second-order valence-electron chi connectivity index (χ2n) is 7.92. The predicted molar refractivity (Wildman–Crippen MR) is 128 cm³/mol. The van der Waals surface area contributed by atoms with Crippen molar-refractivity contribution < 1.29 is 31.5 Å².